The van der Waals surface area contributed by atoms with Crippen molar-refractivity contribution < 1.29 is 8.42 Å². The maximum absolute atomic E-state index is 11.5. The van der Waals surface area contributed by atoms with Crippen LogP contribution in [0.3, 0.4) is 0 Å². The van der Waals surface area contributed by atoms with Crippen molar-refractivity contribution in [2.24, 2.45) is 0 Å². The first-order chi connectivity index (χ1) is 12.9. The van der Waals surface area contributed by atoms with Crippen LogP contribution >= 0.6 is 11.6 Å². The standard InChI is InChI=1S/C18H14ClN5O2S/c1-27(25,26)24-15-8-13(9-20-17(15)19)12-7-14-16(11-5-3-2-4-6-11)22-23-18(14)21-10-12/h2-10,24H,1H3,(H,21,22,23). The van der Waals surface area contributed by atoms with E-state index in [1.54, 1.807) is 18.5 Å². The molecule has 2 N–H and O–H groups in total. The third kappa shape index (κ3) is 3.62. The van der Waals surface area contributed by atoms with Crippen molar-refractivity contribution in [2.45, 2.75) is 0 Å². The summed E-state index contributed by atoms with van der Waals surface area (Å²) < 4.78 is 25.4. The normalized spacial score (nSPS) is 11.6. The number of hydrogen-bond acceptors (Lipinski definition) is 5. The number of halogens is 1. The fourth-order valence-electron chi connectivity index (χ4n) is 2.76. The number of hydrogen-bond donors (Lipinski definition) is 2. The van der Waals surface area contributed by atoms with Gasteiger partial charge in [0, 0.05) is 34.5 Å². The molecule has 0 saturated carbocycles. The lowest BCUT2D eigenvalue weighted by Crippen LogP contribution is -2.10. The molecule has 3 aromatic heterocycles. The Morgan fingerprint density at radius 2 is 1.70 bits per heavy atom. The summed E-state index contributed by atoms with van der Waals surface area (Å²) in [5, 5.41) is 8.19. The molecule has 0 aliphatic carbocycles. The minimum atomic E-state index is -3.47. The monoisotopic (exact) mass is 399 g/mol. The van der Waals surface area contributed by atoms with Gasteiger partial charge in [-0.15, -0.1) is 0 Å². The van der Waals surface area contributed by atoms with Crippen molar-refractivity contribution >= 4 is 38.3 Å². The zero-order chi connectivity index (χ0) is 19.0. The number of rotatable bonds is 4. The summed E-state index contributed by atoms with van der Waals surface area (Å²) >= 11 is 6.00. The Hall–Kier alpha value is -2.97. The van der Waals surface area contributed by atoms with Gasteiger partial charge in [-0.3, -0.25) is 9.82 Å². The van der Waals surface area contributed by atoms with Gasteiger partial charge in [-0.2, -0.15) is 5.10 Å². The molecule has 27 heavy (non-hydrogen) atoms. The number of pyridine rings is 2. The SMILES string of the molecule is CS(=O)(=O)Nc1cc(-c2cnc3n[nH]c(-c4ccccc4)c3c2)cnc1Cl. The molecule has 0 saturated heterocycles. The van der Waals surface area contributed by atoms with Gasteiger partial charge in [-0.25, -0.2) is 18.4 Å². The summed E-state index contributed by atoms with van der Waals surface area (Å²) in [6.45, 7) is 0. The first kappa shape index (κ1) is 17.4. The Morgan fingerprint density at radius 3 is 2.44 bits per heavy atom. The Labute approximate surface area is 160 Å². The molecular weight excluding hydrogens is 386 g/mol. The van der Waals surface area contributed by atoms with Gasteiger partial charge in [0.25, 0.3) is 0 Å². The van der Waals surface area contributed by atoms with E-state index in [2.05, 4.69) is 24.9 Å². The van der Waals surface area contributed by atoms with Crippen molar-refractivity contribution in [3.05, 3.63) is 60.0 Å². The van der Waals surface area contributed by atoms with Gasteiger partial charge in [0.1, 0.15) is 0 Å². The molecule has 0 amide bonds. The highest BCUT2D eigenvalue weighted by molar-refractivity contribution is 7.92. The Morgan fingerprint density at radius 1 is 1.00 bits per heavy atom. The average Bonchev–Trinajstić information content (AvgIpc) is 3.06. The number of aromatic amines is 1. The van der Waals surface area contributed by atoms with Crippen LogP contribution in [0.1, 0.15) is 0 Å². The first-order valence-corrected chi connectivity index (χ1v) is 10.2. The van der Waals surface area contributed by atoms with Crippen LogP contribution < -0.4 is 4.72 Å². The van der Waals surface area contributed by atoms with Crippen LogP contribution in [0.25, 0.3) is 33.4 Å². The summed E-state index contributed by atoms with van der Waals surface area (Å²) in [7, 11) is -3.47. The van der Waals surface area contributed by atoms with Crippen LogP contribution in [-0.4, -0.2) is 34.8 Å². The summed E-state index contributed by atoms with van der Waals surface area (Å²) in [5.74, 6) is 0. The highest BCUT2D eigenvalue weighted by Crippen LogP contribution is 2.31. The molecule has 0 spiro atoms. The second-order valence-corrected chi connectivity index (χ2v) is 8.10. The van der Waals surface area contributed by atoms with Crippen LogP contribution in [0.4, 0.5) is 5.69 Å². The smallest absolute Gasteiger partial charge is 0.229 e. The third-order valence-electron chi connectivity index (χ3n) is 3.94. The van der Waals surface area contributed by atoms with Gasteiger partial charge in [0.2, 0.25) is 10.0 Å². The van der Waals surface area contributed by atoms with E-state index >= 15 is 0 Å². The van der Waals surface area contributed by atoms with Gasteiger partial charge in [-0.05, 0) is 12.1 Å². The summed E-state index contributed by atoms with van der Waals surface area (Å²) in [5.41, 5.74) is 4.10. The molecule has 0 aliphatic heterocycles. The molecule has 1 aromatic carbocycles. The second kappa shape index (κ2) is 6.64. The Bertz CT molecular complexity index is 1240. The summed E-state index contributed by atoms with van der Waals surface area (Å²) in [6.07, 6.45) is 4.29. The predicted octanol–water partition coefficient (Wildman–Crippen LogP) is 3.71. The lowest BCUT2D eigenvalue weighted by atomic mass is 10.1. The Kier molecular flexibility index (Phi) is 4.29. The van der Waals surface area contributed by atoms with Gasteiger partial charge >= 0.3 is 0 Å². The molecule has 136 valence electrons. The number of nitrogens with zero attached hydrogens (tertiary/aromatic N) is 3. The number of nitrogens with one attached hydrogen (secondary N) is 2. The van der Waals surface area contributed by atoms with Crippen LogP contribution in [-0.2, 0) is 10.0 Å². The zero-order valence-electron chi connectivity index (χ0n) is 14.1. The lowest BCUT2D eigenvalue weighted by molar-refractivity contribution is 0.607. The molecular formula is C18H14ClN5O2S. The number of H-pyrrole nitrogens is 1. The van der Waals surface area contributed by atoms with E-state index in [0.717, 1.165) is 28.5 Å². The topological polar surface area (TPSA) is 101 Å². The number of anilines is 1. The molecule has 7 nitrogen and oxygen atoms in total. The van der Waals surface area contributed by atoms with E-state index in [1.807, 2.05) is 36.4 Å². The second-order valence-electron chi connectivity index (χ2n) is 6.00. The highest BCUT2D eigenvalue weighted by Gasteiger charge is 2.13. The van der Waals surface area contributed by atoms with E-state index in [1.165, 1.54) is 0 Å². The number of benzene rings is 1. The summed E-state index contributed by atoms with van der Waals surface area (Å²) in [6, 6.07) is 13.4. The van der Waals surface area contributed by atoms with Crippen molar-refractivity contribution in [3.8, 4) is 22.4 Å². The summed E-state index contributed by atoms with van der Waals surface area (Å²) in [4.78, 5) is 8.46. The molecule has 0 aliphatic rings. The fourth-order valence-corrected chi connectivity index (χ4v) is 3.52. The molecule has 3 heterocycles. The maximum atomic E-state index is 11.5. The lowest BCUT2D eigenvalue weighted by Gasteiger charge is -2.08. The molecule has 0 unspecified atom stereocenters. The van der Waals surface area contributed by atoms with Crippen LogP contribution in [0, 0.1) is 0 Å². The Balaban J connectivity index is 1.82. The zero-order valence-corrected chi connectivity index (χ0v) is 15.7. The molecule has 0 bridgehead atoms. The van der Waals surface area contributed by atoms with E-state index in [9.17, 15) is 8.42 Å². The van der Waals surface area contributed by atoms with E-state index in [4.69, 9.17) is 11.6 Å². The van der Waals surface area contributed by atoms with E-state index < -0.39 is 10.0 Å². The molecule has 0 fully saturated rings. The highest BCUT2D eigenvalue weighted by atomic mass is 35.5. The minimum absolute atomic E-state index is 0.0755. The number of sulfonamides is 1. The first-order valence-electron chi connectivity index (χ1n) is 7.94. The van der Waals surface area contributed by atoms with Crippen LogP contribution in [0.15, 0.2) is 54.9 Å². The van der Waals surface area contributed by atoms with Gasteiger partial charge in [0.15, 0.2) is 10.8 Å². The maximum Gasteiger partial charge on any atom is 0.229 e. The molecule has 9 heteroatoms. The minimum Gasteiger partial charge on any atom is -0.281 e. The van der Waals surface area contributed by atoms with Gasteiger partial charge in [0.05, 0.1) is 17.6 Å². The van der Waals surface area contributed by atoms with Crippen molar-refractivity contribution in [1.82, 2.24) is 20.2 Å². The quantitative estimate of drug-likeness (QED) is 0.509. The van der Waals surface area contributed by atoms with Crippen LogP contribution in [0.5, 0.6) is 0 Å². The molecule has 0 radical (unpaired) electrons. The van der Waals surface area contributed by atoms with E-state index in [0.29, 0.717) is 11.2 Å². The number of fused-ring (bicyclic) bond motifs is 1. The fraction of sp³-hybridized carbons (Fsp3) is 0.0556. The third-order valence-corrected chi connectivity index (χ3v) is 4.83. The molecule has 0 atom stereocenters. The van der Waals surface area contributed by atoms with Crippen molar-refractivity contribution in [3.63, 3.8) is 0 Å². The largest absolute Gasteiger partial charge is 0.281 e. The van der Waals surface area contributed by atoms with E-state index in [-0.39, 0.29) is 10.8 Å². The predicted molar refractivity (Wildman–Crippen MR) is 106 cm³/mol. The van der Waals surface area contributed by atoms with Gasteiger partial charge < -0.3 is 0 Å². The molecule has 4 aromatic rings. The average molecular weight is 400 g/mol. The van der Waals surface area contributed by atoms with Crippen molar-refractivity contribution in [1.29, 1.82) is 0 Å². The van der Waals surface area contributed by atoms with Gasteiger partial charge in [-0.1, -0.05) is 41.9 Å². The van der Waals surface area contributed by atoms with Crippen molar-refractivity contribution in [2.75, 3.05) is 11.0 Å². The van der Waals surface area contributed by atoms with Crippen LogP contribution in [0.2, 0.25) is 5.15 Å². The molecule has 4 rings (SSSR count). The number of aromatic nitrogens is 4.